The summed E-state index contributed by atoms with van der Waals surface area (Å²) in [6, 6.07) is 7.58. The Morgan fingerprint density at radius 3 is 2.61 bits per heavy atom. The molecule has 2 N–H and O–H groups in total. The van der Waals surface area contributed by atoms with Gasteiger partial charge in [-0.15, -0.1) is 0 Å². The highest BCUT2D eigenvalue weighted by Gasteiger charge is 2.43. The fraction of sp³-hybridized carbons (Fsp3) is 0.455. The van der Waals surface area contributed by atoms with Crippen molar-refractivity contribution < 1.29 is 19.0 Å². The van der Waals surface area contributed by atoms with Gasteiger partial charge in [0.15, 0.2) is 17.3 Å². The fourth-order valence-electron chi connectivity index (χ4n) is 3.83. The van der Waals surface area contributed by atoms with Gasteiger partial charge in [-0.05, 0) is 37.0 Å². The molecule has 1 atom stereocenters. The van der Waals surface area contributed by atoms with Crippen molar-refractivity contribution in [3.8, 4) is 17.6 Å². The van der Waals surface area contributed by atoms with E-state index in [1.165, 1.54) is 0 Å². The molecule has 1 heterocycles. The van der Waals surface area contributed by atoms with Crippen LogP contribution < -0.4 is 15.2 Å². The van der Waals surface area contributed by atoms with E-state index in [0.717, 1.165) is 5.56 Å². The lowest BCUT2D eigenvalue weighted by Crippen LogP contribution is -2.33. The van der Waals surface area contributed by atoms with Gasteiger partial charge in [0.25, 0.3) is 0 Å². The molecule has 3 rings (SSSR count). The molecule has 0 bridgehead atoms. The van der Waals surface area contributed by atoms with Crippen LogP contribution in [0.15, 0.2) is 41.0 Å². The molecule has 0 spiro atoms. The monoisotopic (exact) mass is 382 g/mol. The van der Waals surface area contributed by atoms with E-state index >= 15 is 0 Å². The Hall–Kier alpha value is -2.94. The molecule has 1 aromatic rings. The number of nitrogens with two attached hydrogens (primary N) is 1. The molecule has 0 saturated carbocycles. The molecule has 1 aromatic carbocycles. The lowest BCUT2D eigenvalue weighted by atomic mass is 9.70. The van der Waals surface area contributed by atoms with Gasteiger partial charge in [-0.3, -0.25) is 4.79 Å². The molecular formula is C22H26N2O4. The summed E-state index contributed by atoms with van der Waals surface area (Å²) < 4.78 is 17.0. The number of Topliss-reactive ketones (excluding diaryl/α,β-unsaturated/α-hetero) is 1. The minimum Gasteiger partial charge on any atom is -0.493 e. The molecule has 0 unspecified atom stereocenters. The van der Waals surface area contributed by atoms with Crippen molar-refractivity contribution in [2.24, 2.45) is 11.1 Å². The zero-order chi connectivity index (χ0) is 20.6. The summed E-state index contributed by atoms with van der Waals surface area (Å²) in [4.78, 5) is 13.0. The maximum Gasteiger partial charge on any atom is 0.205 e. The van der Waals surface area contributed by atoms with Crippen molar-refractivity contribution in [2.45, 2.75) is 52.6 Å². The van der Waals surface area contributed by atoms with Crippen LogP contribution >= 0.6 is 0 Å². The highest BCUT2D eigenvalue weighted by atomic mass is 16.5. The maximum absolute atomic E-state index is 13.0. The van der Waals surface area contributed by atoms with Crippen molar-refractivity contribution in [2.75, 3.05) is 7.11 Å². The Kier molecular flexibility index (Phi) is 5.12. The summed E-state index contributed by atoms with van der Waals surface area (Å²) in [6.45, 7) is 7.91. The number of hydrogen-bond donors (Lipinski definition) is 1. The number of methoxy groups -OCH3 is 1. The van der Waals surface area contributed by atoms with Crippen LogP contribution in [0.25, 0.3) is 0 Å². The number of carbonyl (C=O) groups excluding carboxylic acids is 1. The molecule has 6 nitrogen and oxygen atoms in total. The molecule has 6 heteroatoms. The number of carbonyl (C=O) groups is 1. The van der Waals surface area contributed by atoms with Gasteiger partial charge in [0.2, 0.25) is 5.88 Å². The van der Waals surface area contributed by atoms with Crippen LogP contribution in [0.3, 0.4) is 0 Å². The Bertz CT molecular complexity index is 919. The van der Waals surface area contributed by atoms with Gasteiger partial charge in [0.05, 0.1) is 19.1 Å². The maximum atomic E-state index is 13.0. The number of nitriles is 1. The molecule has 0 fully saturated rings. The number of ketones is 1. The van der Waals surface area contributed by atoms with Gasteiger partial charge in [-0.25, -0.2) is 0 Å². The SMILES string of the molecule is COc1cc([C@H]2C(C#N)=C(N)OC3=C2C(=O)CC(C)(C)C3)ccc1OC(C)C. The number of nitrogens with zero attached hydrogens (tertiary/aromatic N) is 1. The molecule has 1 aliphatic heterocycles. The van der Waals surface area contributed by atoms with Gasteiger partial charge in [0, 0.05) is 18.4 Å². The standard InChI is InChI=1S/C22H26N2O4/c1-12(2)27-16-7-6-13(8-17(16)26-5)19-14(11-23)21(24)28-18-10-22(3,4)9-15(25)20(18)19/h6-8,12,19H,9-10,24H2,1-5H3/t19-/m0/s1. The Morgan fingerprint density at radius 1 is 1.29 bits per heavy atom. The van der Waals surface area contributed by atoms with Crippen molar-refractivity contribution in [1.29, 1.82) is 5.26 Å². The van der Waals surface area contributed by atoms with Gasteiger partial charge in [-0.1, -0.05) is 19.9 Å². The number of allylic oxidation sites excluding steroid dienone is 3. The third-order valence-corrected chi connectivity index (χ3v) is 4.96. The summed E-state index contributed by atoms with van der Waals surface area (Å²) in [7, 11) is 1.56. The zero-order valence-corrected chi connectivity index (χ0v) is 17.0. The van der Waals surface area contributed by atoms with Crippen LogP contribution in [0, 0.1) is 16.7 Å². The third kappa shape index (κ3) is 3.57. The van der Waals surface area contributed by atoms with Gasteiger partial charge in [-0.2, -0.15) is 5.26 Å². The van der Waals surface area contributed by atoms with E-state index in [-0.39, 0.29) is 28.8 Å². The molecule has 1 aliphatic carbocycles. The Labute approximate surface area is 165 Å². The van der Waals surface area contributed by atoms with Crippen LogP contribution in [0.5, 0.6) is 11.5 Å². The lowest BCUT2D eigenvalue weighted by molar-refractivity contribution is -0.119. The summed E-state index contributed by atoms with van der Waals surface area (Å²) in [5.41, 5.74) is 7.35. The Morgan fingerprint density at radius 2 is 2.00 bits per heavy atom. The van der Waals surface area contributed by atoms with Crippen molar-refractivity contribution in [3.05, 3.63) is 46.6 Å². The Balaban J connectivity index is 2.14. The van der Waals surface area contributed by atoms with E-state index < -0.39 is 5.92 Å². The molecular weight excluding hydrogens is 356 g/mol. The summed E-state index contributed by atoms with van der Waals surface area (Å²) in [5, 5.41) is 9.71. The second kappa shape index (κ2) is 7.23. The highest BCUT2D eigenvalue weighted by Crippen LogP contribution is 2.48. The van der Waals surface area contributed by atoms with Crippen LogP contribution in [-0.4, -0.2) is 19.0 Å². The van der Waals surface area contributed by atoms with Crippen molar-refractivity contribution in [1.82, 2.24) is 0 Å². The van der Waals surface area contributed by atoms with Gasteiger partial charge >= 0.3 is 0 Å². The number of benzene rings is 1. The van der Waals surface area contributed by atoms with Crippen LogP contribution in [0.4, 0.5) is 0 Å². The normalized spacial score (nSPS) is 21.2. The number of rotatable bonds is 4. The average molecular weight is 382 g/mol. The predicted molar refractivity (Wildman–Crippen MR) is 104 cm³/mol. The fourth-order valence-corrected chi connectivity index (χ4v) is 3.83. The first-order chi connectivity index (χ1) is 13.2. The lowest BCUT2D eigenvalue weighted by Gasteiger charge is -2.37. The van der Waals surface area contributed by atoms with E-state index in [0.29, 0.717) is 35.7 Å². The minimum atomic E-state index is -0.570. The van der Waals surface area contributed by atoms with Crippen molar-refractivity contribution in [3.63, 3.8) is 0 Å². The molecule has 0 amide bonds. The van der Waals surface area contributed by atoms with E-state index in [1.807, 2.05) is 33.8 Å². The topological polar surface area (TPSA) is 94.6 Å². The number of hydrogen-bond acceptors (Lipinski definition) is 6. The summed E-state index contributed by atoms with van der Waals surface area (Å²) in [6.07, 6.45) is 0.982. The molecule has 28 heavy (non-hydrogen) atoms. The van der Waals surface area contributed by atoms with E-state index in [1.54, 1.807) is 19.2 Å². The second-order valence-electron chi connectivity index (χ2n) is 8.28. The highest BCUT2D eigenvalue weighted by molar-refractivity contribution is 6.00. The zero-order valence-electron chi connectivity index (χ0n) is 17.0. The summed E-state index contributed by atoms with van der Waals surface area (Å²) in [5.74, 6) is 1.17. The largest absolute Gasteiger partial charge is 0.493 e. The second-order valence-corrected chi connectivity index (χ2v) is 8.28. The molecule has 0 radical (unpaired) electrons. The van der Waals surface area contributed by atoms with E-state index in [4.69, 9.17) is 19.9 Å². The number of ether oxygens (including phenoxy) is 3. The molecule has 148 valence electrons. The smallest absolute Gasteiger partial charge is 0.205 e. The molecule has 0 aromatic heterocycles. The quantitative estimate of drug-likeness (QED) is 0.848. The minimum absolute atomic E-state index is 0.00972. The first-order valence-corrected chi connectivity index (χ1v) is 9.35. The van der Waals surface area contributed by atoms with Crippen LogP contribution in [-0.2, 0) is 9.53 Å². The predicted octanol–water partition coefficient (Wildman–Crippen LogP) is 3.93. The molecule has 2 aliphatic rings. The molecule has 0 saturated heterocycles. The average Bonchev–Trinajstić information content (AvgIpc) is 2.59. The summed E-state index contributed by atoms with van der Waals surface area (Å²) >= 11 is 0. The van der Waals surface area contributed by atoms with Crippen molar-refractivity contribution >= 4 is 5.78 Å². The first kappa shape index (κ1) is 19.8. The third-order valence-electron chi connectivity index (χ3n) is 4.96. The van der Waals surface area contributed by atoms with E-state index in [2.05, 4.69) is 6.07 Å². The van der Waals surface area contributed by atoms with Gasteiger partial charge in [0.1, 0.15) is 17.4 Å². The van der Waals surface area contributed by atoms with Crippen LogP contribution in [0.2, 0.25) is 0 Å². The van der Waals surface area contributed by atoms with E-state index in [9.17, 15) is 10.1 Å². The first-order valence-electron chi connectivity index (χ1n) is 9.35. The van der Waals surface area contributed by atoms with Gasteiger partial charge < -0.3 is 19.9 Å². The van der Waals surface area contributed by atoms with Crippen LogP contribution in [0.1, 0.15) is 52.0 Å².